The lowest BCUT2D eigenvalue weighted by Crippen LogP contribution is -2.22. The number of rotatable bonds is 9. The van der Waals surface area contributed by atoms with Crippen molar-refractivity contribution in [2.24, 2.45) is 0 Å². The van der Waals surface area contributed by atoms with Crippen LogP contribution in [0.15, 0.2) is 42.5 Å². The molecular formula is C19H24N2O4. The van der Waals surface area contributed by atoms with Crippen LogP contribution in [0.2, 0.25) is 0 Å². The number of ether oxygens (including phenoxy) is 3. The predicted octanol–water partition coefficient (Wildman–Crippen LogP) is 2.69. The van der Waals surface area contributed by atoms with Gasteiger partial charge in [0.15, 0.2) is 0 Å². The molecule has 2 aromatic carbocycles. The first-order chi connectivity index (χ1) is 12.2. The smallest absolute Gasteiger partial charge is 0.251 e. The van der Waals surface area contributed by atoms with Crippen molar-refractivity contribution in [3.05, 3.63) is 53.6 Å². The van der Waals surface area contributed by atoms with Crippen LogP contribution in [0.1, 0.15) is 15.9 Å². The van der Waals surface area contributed by atoms with Crippen molar-refractivity contribution in [2.75, 3.05) is 39.8 Å². The summed E-state index contributed by atoms with van der Waals surface area (Å²) >= 11 is 0. The van der Waals surface area contributed by atoms with E-state index < -0.39 is 0 Å². The van der Waals surface area contributed by atoms with Crippen LogP contribution in [0.25, 0.3) is 0 Å². The van der Waals surface area contributed by atoms with Gasteiger partial charge in [0, 0.05) is 37.5 Å². The van der Waals surface area contributed by atoms with Crippen molar-refractivity contribution in [3.63, 3.8) is 0 Å². The van der Waals surface area contributed by atoms with Crippen molar-refractivity contribution in [1.29, 1.82) is 0 Å². The zero-order valence-electron chi connectivity index (χ0n) is 14.8. The fourth-order valence-electron chi connectivity index (χ4n) is 2.26. The molecule has 6 heteroatoms. The zero-order valence-corrected chi connectivity index (χ0v) is 14.8. The van der Waals surface area contributed by atoms with Crippen molar-refractivity contribution in [2.45, 2.75) is 6.54 Å². The molecule has 0 unspecified atom stereocenters. The molecule has 6 nitrogen and oxygen atoms in total. The highest BCUT2D eigenvalue weighted by Crippen LogP contribution is 2.22. The molecule has 0 aliphatic rings. The molecule has 1 amide bonds. The van der Waals surface area contributed by atoms with E-state index >= 15 is 0 Å². The predicted molar refractivity (Wildman–Crippen MR) is 97.5 cm³/mol. The minimum atomic E-state index is -0.181. The molecule has 0 spiro atoms. The second kappa shape index (κ2) is 9.54. The summed E-state index contributed by atoms with van der Waals surface area (Å²) < 4.78 is 15.4. The van der Waals surface area contributed by atoms with Gasteiger partial charge in [0.25, 0.3) is 5.91 Å². The van der Waals surface area contributed by atoms with Crippen LogP contribution in [0.5, 0.6) is 11.5 Å². The zero-order chi connectivity index (χ0) is 18.1. The van der Waals surface area contributed by atoms with E-state index in [-0.39, 0.29) is 5.91 Å². The number of carbonyl (C=O) groups is 1. The molecule has 0 aromatic heterocycles. The molecule has 0 aliphatic carbocycles. The van der Waals surface area contributed by atoms with Crippen molar-refractivity contribution >= 4 is 11.6 Å². The topological polar surface area (TPSA) is 68.8 Å². The molecule has 2 N–H and O–H groups in total. The van der Waals surface area contributed by atoms with Crippen molar-refractivity contribution < 1.29 is 19.0 Å². The van der Waals surface area contributed by atoms with Gasteiger partial charge in [-0.1, -0.05) is 12.1 Å². The van der Waals surface area contributed by atoms with Crippen LogP contribution >= 0.6 is 0 Å². The summed E-state index contributed by atoms with van der Waals surface area (Å²) in [5, 5.41) is 6.15. The number of anilines is 1. The fraction of sp³-hybridized carbons (Fsp3) is 0.316. The van der Waals surface area contributed by atoms with Gasteiger partial charge in [-0.25, -0.2) is 0 Å². The monoisotopic (exact) mass is 344 g/mol. The quantitative estimate of drug-likeness (QED) is 0.685. The Morgan fingerprint density at radius 2 is 1.60 bits per heavy atom. The molecule has 0 fully saturated rings. The Bertz CT molecular complexity index is 664. The van der Waals surface area contributed by atoms with E-state index in [0.29, 0.717) is 30.2 Å². The molecule has 2 rings (SSSR count). The number of carbonyl (C=O) groups excluding carboxylic acids is 1. The molecule has 0 aliphatic heterocycles. The van der Waals surface area contributed by atoms with E-state index in [1.165, 1.54) is 0 Å². The molecule has 25 heavy (non-hydrogen) atoms. The van der Waals surface area contributed by atoms with E-state index in [2.05, 4.69) is 10.6 Å². The first-order valence-electron chi connectivity index (χ1n) is 7.99. The van der Waals surface area contributed by atoms with Gasteiger partial charge < -0.3 is 24.8 Å². The van der Waals surface area contributed by atoms with Gasteiger partial charge in [0.1, 0.15) is 11.5 Å². The highest BCUT2D eigenvalue weighted by Gasteiger charge is 2.09. The summed E-state index contributed by atoms with van der Waals surface area (Å²) in [4.78, 5) is 12.3. The maximum Gasteiger partial charge on any atom is 0.251 e. The largest absolute Gasteiger partial charge is 0.497 e. The second-order valence-corrected chi connectivity index (χ2v) is 5.40. The average molecular weight is 344 g/mol. The van der Waals surface area contributed by atoms with E-state index in [1.807, 2.05) is 24.3 Å². The molecule has 0 radical (unpaired) electrons. The Labute approximate surface area is 148 Å². The highest BCUT2D eigenvalue weighted by molar-refractivity contribution is 5.95. The first-order valence-corrected chi connectivity index (χ1v) is 7.99. The molecule has 0 heterocycles. The molecule has 2 aromatic rings. The Morgan fingerprint density at radius 1 is 0.960 bits per heavy atom. The fourth-order valence-corrected chi connectivity index (χ4v) is 2.26. The van der Waals surface area contributed by atoms with Gasteiger partial charge >= 0.3 is 0 Å². The number of hydrogen-bond donors (Lipinski definition) is 2. The van der Waals surface area contributed by atoms with Gasteiger partial charge in [-0.05, 0) is 29.8 Å². The van der Waals surface area contributed by atoms with E-state index in [9.17, 15) is 4.79 Å². The summed E-state index contributed by atoms with van der Waals surface area (Å²) in [7, 11) is 4.78. The standard InChI is InChI=1S/C19H24N2O4/c1-23-9-8-20-16-6-4-14(5-7-16)13-21-19(22)15-10-17(24-2)12-18(11-15)25-3/h4-7,10-12,20H,8-9,13H2,1-3H3,(H,21,22). The lowest BCUT2D eigenvalue weighted by Gasteiger charge is -2.10. The normalized spacial score (nSPS) is 10.2. The molecule has 0 saturated heterocycles. The number of nitrogens with one attached hydrogen (secondary N) is 2. The van der Waals surface area contributed by atoms with Crippen molar-refractivity contribution in [3.8, 4) is 11.5 Å². The van der Waals surface area contributed by atoms with Crippen LogP contribution in [-0.2, 0) is 11.3 Å². The van der Waals surface area contributed by atoms with E-state index in [0.717, 1.165) is 17.8 Å². The van der Waals surface area contributed by atoms with Crippen LogP contribution in [0, 0.1) is 0 Å². The molecule has 0 saturated carbocycles. The van der Waals surface area contributed by atoms with Crippen LogP contribution in [-0.4, -0.2) is 40.4 Å². The summed E-state index contributed by atoms with van der Waals surface area (Å²) in [6.07, 6.45) is 0. The summed E-state index contributed by atoms with van der Waals surface area (Å²) in [6.45, 7) is 1.85. The van der Waals surface area contributed by atoms with Gasteiger partial charge in [-0.3, -0.25) is 4.79 Å². The Kier molecular flexibility index (Phi) is 7.10. The van der Waals surface area contributed by atoms with Crippen LogP contribution in [0.3, 0.4) is 0 Å². The SMILES string of the molecule is COCCNc1ccc(CNC(=O)c2cc(OC)cc(OC)c2)cc1. The van der Waals surface area contributed by atoms with Crippen LogP contribution < -0.4 is 20.1 Å². The summed E-state index contributed by atoms with van der Waals surface area (Å²) in [5.41, 5.74) is 2.53. The third kappa shape index (κ3) is 5.69. The Balaban J connectivity index is 1.93. The minimum absolute atomic E-state index is 0.181. The van der Waals surface area contributed by atoms with Crippen molar-refractivity contribution in [1.82, 2.24) is 5.32 Å². The number of hydrogen-bond acceptors (Lipinski definition) is 5. The second-order valence-electron chi connectivity index (χ2n) is 5.40. The Hall–Kier alpha value is -2.73. The third-order valence-corrected chi connectivity index (χ3v) is 3.66. The highest BCUT2D eigenvalue weighted by atomic mass is 16.5. The molecule has 0 bridgehead atoms. The van der Waals surface area contributed by atoms with Gasteiger partial charge in [-0.2, -0.15) is 0 Å². The summed E-state index contributed by atoms with van der Waals surface area (Å²) in [5.74, 6) is 0.978. The third-order valence-electron chi connectivity index (χ3n) is 3.66. The van der Waals surface area contributed by atoms with E-state index in [1.54, 1.807) is 39.5 Å². The van der Waals surface area contributed by atoms with Gasteiger partial charge in [0.2, 0.25) is 0 Å². The first kappa shape index (κ1) is 18.6. The minimum Gasteiger partial charge on any atom is -0.497 e. The number of methoxy groups -OCH3 is 3. The van der Waals surface area contributed by atoms with Crippen LogP contribution in [0.4, 0.5) is 5.69 Å². The number of benzene rings is 2. The Morgan fingerprint density at radius 3 is 2.16 bits per heavy atom. The lowest BCUT2D eigenvalue weighted by molar-refractivity contribution is 0.0950. The lowest BCUT2D eigenvalue weighted by atomic mass is 10.1. The maximum absolute atomic E-state index is 12.3. The average Bonchev–Trinajstić information content (AvgIpc) is 2.66. The van der Waals surface area contributed by atoms with E-state index in [4.69, 9.17) is 14.2 Å². The number of amides is 1. The van der Waals surface area contributed by atoms with Gasteiger partial charge in [0.05, 0.1) is 20.8 Å². The molecule has 134 valence electrons. The summed E-state index contributed by atoms with van der Waals surface area (Å²) in [6, 6.07) is 13.0. The molecular weight excluding hydrogens is 320 g/mol. The molecule has 0 atom stereocenters. The van der Waals surface area contributed by atoms with Gasteiger partial charge in [-0.15, -0.1) is 0 Å². The maximum atomic E-state index is 12.3.